The molecule has 0 N–H and O–H groups in total. The summed E-state index contributed by atoms with van der Waals surface area (Å²) in [7, 11) is 1.56. The summed E-state index contributed by atoms with van der Waals surface area (Å²) in [5.74, 6) is 0.676. The van der Waals surface area contributed by atoms with Crippen LogP contribution in [0, 0.1) is 0 Å². The van der Waals surface area contributed by atoms with Crippen molar-refractivity contribution in [2.24, 2.45) is 0 Å². The lowest BCUT2D eigenvalue weighted by Crippen LogP contribution is -1.88. The lowest BCUT2D eigenvalue weighted by molar-refractivity contribution is 0.112. The monoisotopic (exact) mass is 250 g/mol. The third-order valence-electron chi connectivity index (χ3n) is 1.34. The third kappa shape index (κ3) is 2.22. The zero-order valence-corrected chi connectivity index (χ0v) is 8.81. The molecule has 0 fully saturated rings. The second-order valence-electron chi connectivity index (χ2n) is 1.98. The molecule has 0 saturated heterocycles. The van der Waals surface area contributed by atoms with Crippen molar-refractivity contribution in [3.05, 3.63) is 28.2 Å². The molecule has 0 aliphatic carbocycles. The number of aldehydes is 1. The van der Waals surface area contributed by atoms with Crippen molar-refractivity contribution in [3.63, 3.8) is 0 Å². The zero-order valence-electron chi connectivity index (χ0n) is 6.41. The fourth-order valence-corrected chi connectivity index (χ4v) is 1.30. The highest BCUT2D eigenvalue weighted by molar-refractivity contribution is 9.10. The SMILES string of the molecule is COc1cccc(C=O)c1Br.Cl. The van der Waals surface area contributed by atoms with E-state index in [4.69, 9.17) is 4.74 Å². The molecule has 0 aromatic heterocycles. The van der Waals surface area contributed by atoms with Crippen LogP contribution in [0.15, 0.2) is 22.7 Å². The van der Waals surface area contributed by atoms with Crippen molar-refractivity contribution < 1.29 is 9.53 Å². The van der Waals surface area contributed by atoms with Crippen molar-refractivity contribution in [3.8, 4) is 5.75 Å². The van der Waals surface area contributed by atoms with Gasteiger partial charge < -0.3 is 4.74 Å². The van der Waals surface area contributed by atoms with E-state index in [-0.39, 0.29) is 12.4 Å². The van der Waals surface area contributed by atoms with E-state index in [1.165, 1.54) is 0 Å². The number of ether oxygens (including phenoxy) is 1. The number of rotatable bonds is 2. The Kier molecular flexibility index (Phi) is 4.93. The summed E-state index contributed by atoms with van der Waals surface area (Å²) in [6, 6.07) is 5.28. The molecule has 0 unspecified atom stereocenters. The number of carbonyl (C=O) groups excluding carboxylic acids is 1. The molecule has 0 spiro atoms. The Labute approximate surface area is 85.5 Å². The number of benzene rings is 1. The van der Waals surface area contributed by atoms with Crippen molar-refractivity contribution in [2.75, 3.05) is 7.11 Å². The number of halogens is 2. The third-order valence-corrected chi connectivity index (χ3v) is 2.19. The van der Waals surface area contributed by atoms with E-state index in [1.807, 2.05) is 0 Å². The maximum Gasteiger partial charge on any atom is 0.151 e. The van der Waals surface area contributed by atoms with Crippen LogP contribution in [-0.2, 0) is 0 Å². The van der Waals surface area contributed by atoms with Gasteiger partial charge in [-0.05, 0) is 22.0 Å². The van der Waals surface area contributed by atoms with Crippen LogP contribution in [0.2, 0.25) is 0 Å². The van der Waals surface area contributed by atoms with E-state index in [9.17, 15) is 4.79 Å². The summed E-state index contributed by atoms with van der Waals surface area (Å²) in [5, 5.41) is 0. The van der Waals surface area contributed by atoms with Gasteiger partial charge in [-0.2, -0.15) is 0 Å². The first-order valence-corrected chi connectivity index (χ1v) is 3.86. The van der Waals surface area contributed by atoms with E-state index in [2.05, 4.69) is 15.9 Å². The van der Waals surface area contributed by atoms with Crippen LogP contribution in [0.4, 0.5) is 0 Å². The lowest BCUT2D eigenvalue weighted by Gasteiger charge is -2.02. The van der Waals surface area contributed by atoms with Crippen LogP contribution < -0.4 is 4.74 Å². The largest absolute Gasteiger partial charge is 0.496 e. The van der Waals surface area contributed by atoms with Crippen molar-refractivity contribution in [2.45, 2.75) is 0 Å². The highest BCUT2D eigenvalue weighted by atomic mass is 79.9. The fraction of sp³-hybridized carbons (Fsp3) is 0.125. The average Bonchev–Trinajstić information content (AvgIpc) is 2.05. The molecule has 0 saturated carbocycles. The Morgan fingerprint density at radius 1 is 1.50 bits per heavy atom. The predicted molar refractivity (Wildman–Crippen MR) is 53.3 cm³/mol. The Morgan fingerprint density at radius 2 is 2.17 bits per heavy atom. The molecule has 1 aromatic carbocycles. The molecule has 2 nitrogen and oxygen atoms in total. The normalized spacial score (nSPS) is 8.50. The second kappa shape index (κ2) is 5.17. The Bertz CT molecular complexity index is 276. The minimum atomic E-state index is 0. The summed E-state index contributed by atoms with van der Waals surface area (Å²) >= 11 is 3.25. The smallest absolute Gasteiger partial charge is 0.151 e. The van der Waals surface area contributed by atoms with E-state index < -0.39 is 0 Å². The van der Waals surface area contributed by atoms with Gasteiger partial charge in [-0.25, -0.2) is 0 Å². The van der Waals surface area contributed by atoms with E-state index in [1.54, 1.807) is 25.3 Å². The summed E-state index contributed by atoms with van der Waals surface area (Å²) in [6.45, 7) is 0. The van der Waals surface area contributed by atoms with Crippen LogP contribution in [0.25, 0.3) is 0 Å². The number of hydrogen-bond acceptors (Lipinski definition) is 2. The van der Waals surface area contributed by atoms with Gasteiger partial charge in [-0.3, -0.25) is 4.79 Å². The van der Waals surface area contributed by atoms with E-state index >= 15 is 0 Å². The molecule has 66 valence electrons. The Hall–Kier alpha value is -0.540. The topological polar surface area (TPSA) is 26.3 Å². The molecular formula is C8H8BrClO2. The van der Waals surface area contributed by atoms with Gasteiger partial charge >= 0.3 is 0 Å². The molecule has 4 heteroatoms. The van der Waals surface area contributed by atoms with Gasteiger partial charge in [0.15, 0.2) is 6.29 Å². The number of hydrogen-bond donors (Lipinski definition) is 0. The first kappa shape index (κ1) is 11.5. The van der Waals surface area contributed by atoms with Crippen molar-refractivity contribution in [1.29, 1.82) is 0 Å². The first-order chi connectivity index (χ1) is 5.29. The standard InChI is InChI=1S/C8H7BrO2.ClH/c1-11-7-4-2-3-6(5-10)8(7)9;/h2-5H,1H3;1H. The summed E-state index contributed by atoms with van der Waals surface area (Å²) < 4.78 is 5.69. The molecule has 0 heterocycles. The molecule has 0 aliphatic heterocycles. The van der Waals surface area contributed by atoms with Crippen LogP contribution >= 0.6 is 28.3 Å². The van der Waals surface area contributed by atoms with E-state index in [0.717, 1.165) is 6.29 Å². The fourth-order valence-electron chi connectivity index (χ4n) is 0.776. The summed E-state index contributed by atoms with van der Waals surface area (Å²) in [6.07, 6.45) is 0.784. The van der Waals surface area contributed by atoms with Gasteiger partial charge in [-0.1, -0.05) is 12.1 Å². The van der Waals surface area contributed by atoms with Crippen molar-refractivity contribution >= 4 is 34.6 Å². The minimum Gasteiger partial charge on any atom is -0.496 e. The number of carbonyl (C=O) groups is 1. The molecule has 0 atom stereocenters. The first-order valence-electron chi connectivity index (χ1n) is 3.07. The van der Waals surface area contributed by atoms with Crippen LogP contribution in [-0.4, -0.2) is 13.4 Å². The highest BCUT2D eigenvalue weighted by Crippen LogP contribution is 2.26. The van der Waals surface area contributed by atoms with Gasteiger partial charge in [0, 0.05) is 5.56 Å². The lowest BCUT2D eigenvalue weighted by atomic mass is 10.2. The van der Waals surface area contributed by atoms with Gasteiger partial charge in [0.05, 0.1) is 11.6 Å². The average molecular weight is 252 g/mol. The predicted octanol–water partition coefficient (Wildman–Crippen LogP) is 2.69. The molecule has 0 radical (unpaired) electrons. The van der Waals surface area contributed by atoms with Crippen LogP contribution in [0.3, 0.4) is 0 Å². The summed E-state index contributed by atoms with van der Waals surface area (Å²) in [5.41, 5.74) is 0.601. The van der Waals surface area contributed by atoms with Crippen LogP contribution in [0.1, 0.15) is 10.4 Å². The minimum absolute atomic E-state index is 0. The van der Waals surface area contributed by atoms with Crippen LogP contribution in [0.5, 0.6) is 5.75 Å². The molecule has 12 heavy (non-hydrogen) atoms. The Morgan fingerprint density at radius 3 is 2.67 bits per heavy atom. The van der Waals surface area contributed by atoms with Gasteiger partial charge in [0.2, 0.25) is 0 Å². The molecule has 0 aliphatic rings. The Balaban J connectivity index is 0.00000121. The zero-order chi connectivity index (χ0) is 8.27. The molecule has 1 aromatic rings. The van der Waals surface area contributed by atoms with Gasteiger partial charge in [0.25, 0.3) is 0 Å². The van der Waals surface area contributed by atoms with E-state index in [0.29, 0.717) is 15.8 Å². The maximum absolute atomic E-state index is 10.4. The number of methoxy groups -OCH3 is 1. The molecule has 0 amide bonds. The second-order valence-corrected chi connectivity index (χ2v) is 2.77. The van der Waals surface area contributed by atoms with Gasteiger partial charge in [0.1, 0.15) is 5.75 Å². The van der Waals surface area contributed by atoms with Gasteiger partial charge in [-0.15, -0.1) is 12.4 Å². The summed E-state index contributed by atoms with van der Waals surface area (Å²) in [4.78, 5) is 10.4. The quantitative estimate of drug-likeness (QED) is 0.756. The molecular weight excluding hydrogens is 243 g/mol. The van der Waals surface area contributed by atoms with Crippen molar-refractivity contribution in [1.82, 2.24) is 0 Å². The maximum atomic E-state index is 10.4. The molecule has 1 rings (SSSR count). The molecule has 0 bridgehead atoms. The highest BCUT2D eigenvalue weighted by Gasteiger charge is 2.02.